The van der Waals surface area contributed by atoms with Crippen LogP contribution in [0, 0.1) is 0 Å². The Morgan fingerprint density at radius 3 is 1.43 bits per heavy atom. The van der Waals surface area contributed by atoms with Crippen LogP contribution in [0.25, 0.3) is 0 Å². The van der Waals surface area contributed by atoms with E-state index in [9.17, 15) is 0 Å². The molecule has 1 heterocycles. The molecule has 2 nitrogen and oxygen atoms in total. The fourth-order valence-electron chi connectivity index (χ4n) is 2.47. The van der Waals surface area contributed by atoms with Crippen LogP contribution >= 0.6 is 31.5 Å². The van der Waals surface area contributed by atoms with E-state index in [1.54, 1.807) is 11.3 Å². The molecular formula is C22H22Cl2FeN2S. The number of benzene rings is 2. The summed E-state index contributed by atoms with van der Waals surface area (Å²) in [7, 11) is 9.53. The Bertz CT molecular complexity index is 821. The Labute approximate surface area is 186 Å². The standard InChI is InChI=1S/C22H22N2S.2ClH.Fe/c1-17(23-15-19-9-5-3-6-10-19)21-13-14-22(25-21)18(2)24-16-20-11-7-4-8-12-20;;;/h3-14H,15-16H2,1-2H3;2*1H;/q;;;+2/p-2. The summed E-state index contributed by atoms with van der Waals surface area (Å²) < 4.78 is 0. The summed E-state index contributed by atoms with van der Waals surface area (Å²) in [6, 6.07) is 25.0. The van der Waals surface area contributed by atoms with Crippen LogP contribution < -0.4 is 0 Å². The Kier molecular flexibility index (Phi) is 10.6. The predicted molar refractivity (Wildman–Crippen MR) is 121 cm³/mol. The van der Waals surface area contributed by atoms with Gasteiger partial charge in [0.2, 0.25) is 0 Å². The molecule has 0 aliphatic heterocycles. The Morgan fingerprint density at radius 1 is 0.714 bits per heavy atom. The summed E-state index contributed by atoms with van der Waals surface area (Å²) in [5.74, 6) is 0. The molecule has 0 amide bonds. The van der Waals surface area contributed by atoms with Crippen molar-refractivity contribution in [3.05, 3.63) is 93.7 Å². The molecule has 0 fully saturated rings. The van der Waals surface area contributed by atoms with E-state index in [1.165, 1.54) is 20.9 Å². The van der Waals surface area contributed by atoms with Crippen LogP contribution in [0.4, 0.5) is 0 Å². The van der Waals surface area contributed by atoms with Gasteiger partial charge >= 0.3 is 33.3 Å². The summed E-state index contributed by atoms with van der Waals surface area (Å²) in [4.78, 5) is 11.9. The number of halogens is 2. The van der Waals surface area contributed by atoms with Crippen LogP contribution in [0.1, 0.15) is 34.7 Å². The molecule has 3 rings (SSSR count). The Morgan fingerprint density at radius 2 is 1.07 bits per heavy atom. The number of hydrogen-bond acceptors (Lipinski definition) is 3. The van der Waals surface area contributed by atoms with Gasteiger partial charge in [-0.15, -0.1) is 11.3 Å². The third-order valence-corrected chi connectivity index (χ3v) is 5.31. The fraction of sp³-hybridized carbons (Fsp3) is 0.182. The maximum absolute atomic E-state index is 4.76. The quantitative estimate of drug-likeness (QED) is 0.269. The zero-order chi connectivity index (χ0) is 20.2. The second-order valence-corrected chi connectivity index (χ2v) is 8.90. The van der Waals surface area contributed by atoms with Crippen molar-refractivity contribution in [3.63, 3.8) is 0 Å². The van der Waals surface area contributed by atoms with Gasteiger partial charge in [0.05, 0.1) is 13.1 Å². The van der Waals surface area contributed by atoms with E-state index >= 15 is 0 Å². The zero-order valence-corrected chi connectivity index (χ0v) is 19.2. The molecule has 0 aliphatic rings. The van der Waals surface area contributed by atoms with E-state index in [0.29, 0.717) is 0 Å². The van der Waals surface area contributed by atoms with Crippen LogP contribution in [-0.2, 0) is 26.2 Å². The molecule has 0 spiro atoms. The van der Waals surface area contributed by atoms with Gasteiger partial charge in [0.15, 0.2) is 0 Å². The van der Waals surface area contributed by atoms with Crippen LogP contribution in [0.5, 0.6) is 0 Å². The first-order valence-corrected chi connectivity index (χ1v) is 12.5. The average molecular weight is 473 g/mol. The molecule has 0 N–H and O–H groups in total. The van der Waals surface area contributed by atoms with Gasteiger partial charge in [0, 0.05) is 21.2 Å². The normalized spacial score (nSPS) is 11.9. The van der Waals surface area contributed by atoms with Crippen molar-refractivity contribution in [1.29, 1.82) is 0 Å². The second-order valence-electron chi connectivity index (χ2n) is 5.99. The number of thiophene rings is 1. The second kappa shape index (κ2) is 12.9. The van der Waals surface area contributed by atoms with Gasteiger partial charge in [-0.3, -0.25) is 9.98 Å². The molecule has 2 aromatic carbocycles. The van der Waals surface area contributed by atoms with E-state index < -0.39 is 0 Å². The average Bonchev–Trinajstić information content (AvgIpc) is 3.23. The van der Waals surface area contributed by atoms with Crippen LogP contribution in [0.2, 0.25) is 0 Å². The van der Waals surface area contributed by atoms with Crippen molar-refractivity contribution in [2.24, 2.45) is 9.98 Å². The first kappa shape index (κ1) is 22.9. The number of aliphatic imine (C=N–C) groups is 2. The van der Waals surface area contributed by atoms with E-state index in [4.69, 9.17) is 30.2 Å². The molecule has 0 bridgehead atoms. The summed E-state index contributed by atoms with van der Waals surface area (Å²) in [6.07, 6.45) is 0. The molecular weight excluding hydrogens is 451 g/mol. The maximum atomic E-state index is 4.76. The van der Waals surface area contributed by atoms with Crippen LogP contribution in [0.3, 0.4) is 0 Å². The van der Waals surface area contributed by atoms with Gasteiger partial charge in [-0.25, -0.2) is 0 Å². The topological polar surface area (TPSA) is 24.7 Å². The van der Waals surface area contributed by atoms with Gasteiger partial charge in [-0.2, -0.15) is 0 Å². The summed E-state index contributed by atoms with van der Waals surface area (Å²) in [6.45, 7) is 5.60. The van der Waals surface area contributed by atoms with Crippen molar-refractivity contribution in [2.45, 2.75) is 26.9 Å². The van der Waals surface area contributed by atoms with Gasteiger partial charge < -0.3 is 0 Å². The molecule has 0 radical (unpaired) electrons. The van der Waals surface area contributed by atoms with Crippen molar-refractivity contribution in [1.82, 2.24) is 0 Å². The molecule has 0 saturated heterocycles. The third-order valence-electron chi connectivity index (χ3n) is 4.00. The summed E-state index contributed by atoms with van der Waals surface area (Å²) >= 11 is 1.95. The molecule has 0 saturated carbocycles. The molecule has 148 valence electrons. The fourth-order valence-corrected chi connectivity index (χ4v) is 3.40. The van der Waals surface area contributed by atoms with Gasteiger partial charge in [0.25, 0.3) is 0 Å². The molecule has 0 unspecified atom stereocenters. The summed E-state index contributed by atoms with van der Waals surface area (Å²) in [5, 5.41) is 0. The minimum atomic E-state index is 0.194. The molecule has 6 heteroatoms. The van der Waals surface area contributed by atoms with E-state index in [2.05, 4.69) is 74.5 Å². The zero-order valence-electron chi connectivity index (χ0n) is 15.8. The third kappa shape index (κ3) is 7.90. The number of rotatable bonds is 6. The SMILES string of the molecule is CC(=NCc1ccccc1)c1ccc(C(C)=NCc2ccccc2)s1.[Cl][Fe][Cl]. The minimum absolute atomic E-state index is 0.194. The molecule has 0 aliphatic carbocycles. The van der Waals surface area contributed by atoms with Gasteiger partial charge in [-0.05, 0) is 37.1 Å². The van der Waals surface area contributed by atoms with Crippen molar-refractivity contribution in [3.8, 4) is 0 Å². The predicted octanol–water partition coefficient (Wildman–Crippen LogP) is 7.14. The van der Waals surface area contributed by atoms with Gasteiger partial charge in [-0.1, -0.05) is 60.7 Å². The summed E-state index contributed by atoms with van der Waals surface area (Å²) in [5.41, 5.74) is 4.63. The van der Waals surface area contributed by atoms with E-state index in [0.717, 1.165) is 24.5 Å². The molecule has 3 aromatic rings. The van der Waals surface area contributed by atoms with Crippen molar-refractivity contribution >= 4 is 43.0 Å². The first-order chi connectivity index (χ1) is 13.6. The monoisotopic (exact) mass is 472 g/mol. The van der Waals surface area contributed by atoms with Crippen molar-refractivity contribution < 1.29 is 13.1 Å². The van der Waals surface area contributed by atoms with Crippen LogP contribution in [-0.4, -0.2) is 11.4 Å². The first-order valence-electron chi connectivity index (χ1n) is 8.69. The molecule has 28 heavy (non-hydrogen) atoms. The number of nitrogens with zero attached hydrogens (tertiary/aromatic N) is 2. The van der Waals surface area contributed by atoms with E-state index in [1.807, 2.05) is 12.1 Å². The molecule has 0 atom stereocenters. The Hall–Kier alpha value is -1.42. The Balaban J connectivity index is 0.000000878. The van der Waals surface area contributed by atoms with Crippen molar-refractivity contribution in [2.75, 3.05) is 0 Å². The molecule has 1 aromatic heterocycles. The van der Waals surface area contributed by atoms with E-state index in [-0.39, 0.29) is 13.1 Å². The van der Waals surface area contributed by atoms with Gasteiger partial charge in [0.1, 0.15) is 0 Å². The number of hydrogen-bond donors (Lipinski definition) is 0. The van der Waals surface area contributed by atoms with Crippen LogP contribution in [0.15, 0.2) is 82.8 Å².